The van der Waals surface area contributed by atoms with Crippen LogP contribution >= 0.6 is 0 Å². The highest BCUT2D eigenvalue weighted by Gasteiger charge is 2.20. The largest absolute Gasteiger partial charge is 0.480 e. The summed E-state index contributed by atoms with van der Waals surface area (Å²) in [4.78, 5) is 32.9. The standard InChI is InChI=1S/C13H16N2O5/c1-2-3-7-11(13(17)18)14-12(16)9-5-4-6-10(8-9)15(19)20/h4-6,8,11H,2-3,7H2,1H3,(H,14,16)(H,17,18)/t11-/m0/s1. The van der Waals surface area contributed by atoms with Gasteiger partial charge in [-0.05, 0) is 12.5 Å². The lowest BCUT2D eigenvalue weighted by molar-refractivity contribution is -0.384. The third kappa shape index (κ3) is 4.34. The molecule has 7 heteroatoms. The summed E-state index contributed by atoms with van der Waals surface area (Å²) in [6.07, 6.45) is 1.81. The average Bonchev–Trinajstić information content (AvgIpc) is 2.42. The number of nitrogens with one attached hydrogen (secondary N) is 1. The van der Waals surface area contributed by atoms with Crippen LogP contribution in [0.15, 0.2) is 24.3 Å². The van der Waals surface area contributed by atoms with Gasteiger partial charge in [-0.1, -0.05) is 25.8 Å². The van der Waals surface area contributed by atoms with Crippen LogP contribution in [0, 0.1) is 10.1 Å². The molecule has 2 N–H and O–H groups in total. The van der Waals surface area contributed by atoms with Crippen LogP contribution in [0.3, 0.4) is 0 Å². The number of carboxylic acids is 1. The molecule has 0 bridgehead atoms. The monoisotopic (exact) mass is 280 g/mol. The minimum atomic E-state index is -1.11. The van der Waals surface area contributed by atoms with Crippen molar-refractivity contribution >= 4 is 17.6 Å². The maximum absolute atomic E-state index is 11.9. The third-order valence-electron chi connectivity index (χ3n) is 2.77. The fourth-order valence-electron chi connectivity index (χ4n) is 1.67. The van der Waals surface area contributed by atoms with Gasteiger partial charge in [0.05, 0.1) is 4.92 Å². The maximum Gasteiger partial charge on any atom is 0.326 e. The Morgan fingerprint density at radius 3 is 2.70 bits per heavy atom. The molecule has 0 saturated carbocycles. The molecule has 0 saturated heterocycles. The summed E-state index contributed by atoms with van der Waals surface area (Å²) in [5.41, 5.74) is -0.139. The number of amides is 1. The van der Waals surface area contributed by atoms with Gasteiger partial charge in [0.2, 0.25) is 0 Å². The Hall–Kier alpha value is -2.44. The van der Waals surface area contributed by atoms with Gasteiger partial charge < -0.3 is 10.4 Å². The lowest BCUT2D eigenvalue weighted by atomic mass is 10.1. The van der Waals surface area contributed by atoms with Gasteiger partial charge in [-0.2, -0.15) is 0 Å². The summed E-state index contributed by atoms with van der Waals surface area (Å²) in [5, 5.41) is 22.0. The van der Waals surface area contributed by atoms with Gasteiger partial charge in [-0.3, -0.25) is 14.9 Å². The van der Waals surface area contributed by atoms with Crippen LogP contribution in [-0.4, -0.2) is 27.9 Å². The van der Waals surface area contributed by atoms with Crippen molar-refractivity contribution < 1.29 is 19.6 Å². The van der Waals surface area contributed by atoms with Crippen LogP contribution in [0.5, 0.6) is 0 Å². The normalized spacial score (nSPS) is 11.7. The van der Waals surface area contributed by atoms with Gasteiger partial charge in [0, 0.05) is 17.7 Å². The number of unbranched alkanes of at least 4 members (excludes halogenated alkanes) is 1. The first kappa shape index (κ1) is 15.6. The van der Waals surface area contributed by atoms with Gasteiger partial charge >= 0.3 is 5.97 Å². The second-order valence-corrected chi connectivity index (χ2v) is 4.31. The van der Waals surface area contributed by atoms with Crippen LogP contribution in [-0.2, 0) is 4.79 Å². The first-order chi connectivity index (χ1) is 9.45. The summed E-state index contributed by atoms with van der Waals surface area (Å²) in [7, 11) is 0. The Bertz CT molecular complexity index is 515. The van der Waals surface area contributed by atoms with Crippen LogP contribution in [0.2, 0.25) is 0 Å². The number of hydrogen-bond donors (Lipinski definition) is 2. The Kier molecular flexibility index (Phi) is 5.64. The van der Waals surface area contributed by atoms with Crippen LogP contribution in [0.1, 0.15) is 36.5 Å². The molecule has 7 nitrogen and oxygen atoms in total. The second kappa shape index (κ2) is 7.22. The van der Waals surface area contributed by atoms with Crippen molar-refractivity contribution in [1.82, 2.24) is 5.32 Å². The molecule has 0 aliphatic rings. The predicted octanol–water partition coefficient (Wildman–Crippen LogP) is 1.97. The quantitative estimate of drug-likeness (QED) is 0.586. The molecule has 0 unspecified atom stereocenters. The number of nitro benzene ring substituents is 1. The van der Waals surface area contributed by atoms with E-state index in [2.05, 4.69) is 5.32 Å². The van der Waals surface area contributed by atoms with E-state index >= 15 is 0 Å². The lowest BCUT2D eigenvalue weighted by Crippen LogP contribution is -2.40. The zero-order valence-electron chi connectivity index (χ0n) is 11.0. The fourth-order valence-corrected chi connectivity index (χ4v) is 1.67. The fraction of sp³-hybridized carbons (Fsp3) is 0.385. The minimum absolute atomic E-state index is 0.0712. The summed E-state index contributed by atoms with van der Waals surface area (Å²) >= 11 is 0. The summed E-state index contributed by atoms with van der Waals surface area (Å²) < 4.78 is 0. The molecule has 0 aliphatic heterocycles. The van der Waals surface area contributed by atoms with E-state index < -0.39 is 22.8 Å². The molecule has 20 heavy (non-hydrogen) atoms. The smallest absolute Gasteiger partial charge is 0.326 e. The molecule has 108 valence electrons. The lowest BCUT2D eigenvalue weighted by Gasteiger charge is -2.13. The van der Waals surface area contributed by atoms with E-state index in [1.165, 1.54) is 18.2 Å². The van der Waals surface area contributed by atoms with Crippen LogP contribution < -0.4 is 5.32 Å². The summed E-state index contributed by atoms with van der Waals surface area (Å²) in [5.74, 6) is -1.74. The topological polar surface area (TPSA) is 110 Å². The summed E-state index contributed by atoms with van der Waals surface area (Å²) in [6, 6.07) is 4.19. The number of aliphatic carboxylic acids is 1. The van der Waals surface area contributed by atoms with Crippen LogP contribution in [0.25, 0.3) is 0 Å². The van der Waals surface area contributed by atoms with E-state index in [-0.39, 0.29) is 11.3 Å². The first-order valence-corrected chi connectivity index (χ1v) is 6.23. The van der Waals surface area contributed by atoms with E-state index in [4.69, 9.17) is 5.11 Å². The average molecular weight is 280 g/mol. The molecule has 0 spiro atoms. The van der Waals surface area contributed by atoms with Crippen molar-refractivity contribution in [2.75, 3.05) is 0 Å². The number of carbonyl (C=O) groups excluding carboxylic acids is 1. The summed E-state index contributed by atoms with van der Waals surface area (Å²) in [6.45, 7) is 1.92. The number of hydrogen-bond acceptors (Lipinski definition) is 4. The Morgan fingerprint density at radius 2 is 2.15 bits per heavy atom. The second-order valence-electron chi connectivity index (χ2n) is 4.31. The first-order valence-electron chi connectivity index (χ1n) is 6.23. The van der Waals surface area contributed by atoms with Crippen molar-refractivity contribution in [3.8, 4) is 0 Å². The molecule has 1 atom stereocenters. The molecule has 0 radical (unpaired) electrons. The predicted molar refractivity (Wildman–Crippen MR) is 71.5 cm³/mol. The molecule has 0 aliphatic carbocycles. The van der Waals surface area contributed by atoms with E-state index in [0.29, 0.717) is 12.8 Å². The van der Waals surface area contributed by atoms with Gasteiger partial charge in [0.25, 0.3) is 11.6 Å². The molecule has 1 aromatic rings. The van der Waals surface area contributed by atoms with Crippen molar-refractivity contribution in [3.05, 3.63) is 39.9 Å². The van der Waals surface area contributed by atoms with Gasteiger partial charge in [-0.15, -0.1) is 0 Å². The van der Waals surface area contributed by atoms with Crippen molar-refractivity contribution in [2.45, 2.75) is 32.2 Å². The molecular weight excluding hydrogens is 264 g/mol. The molecule has 1 rings (SSSR count). The highest BCUT2D eigenvalue weighted by Crippen LogP contribution is 2.13. The Balaban J connectivity index is 2.80. The molecule has 0 heterocycles. The number of carbonyl (C=O) groups is 2. The Labute approximate surface area is 115 Å². The number of nitrogens with zero attached hydrogens (tertiary/aromatic N) is 1. The maximum atomic E-state index is 11.9. The molecule has 1 aromatic carbocycles. The highest BCUT2D eigenvalue weighted by atomic mass is 16.6. The molecule has 0 fully saturated rings. The van der Waals surface area contributed by atoms with Crippen molar-refractivity contribution in [3.63, 3.8) is 0 Å². The minimum Gasteiger partial charge on any atom is -0.480 e. The molecular formula is C13H16N2O5. The van der Waals surface area contributed by atoms with Crippen molar-refractivity contribution in [2.24, 2.45) is 0 Å². The SMILES string of the molecule is CCCC[C@H](NC(=O)c1cccc([N+](=O)[O-])c1)C(=O)O. The highest BCUT2D eigenvalue weighted by molar-refractivity contribution is 5.97. The zero-order valence-corrected chi connectivity index (χ0v) is 11.0. The zero-order chi connectivity index (χ0) is 15.1. The molecule has 0 aromatic heterocycles. The number of carboxylic acid groups (broad SMARTS) is 1. The number of nitro groups is 1. The van der Waals surface area contributed by atoms with Crippen LogP contribution in [0.4, 0.5) is 5.69 Å². The van der Waals surface area contributed by atoms with Gasteiger partial charge in [-0.25, -0.2) is 4.79 Å². The van der Waals surface area contributed by atoms with Crippen molar-refractivity contribution in [1.29, 1.82) is 0 Å². The molecule has 1 amide bonds. The Morgan fingerprint density at radius 1 is 1.45 bits per heavy atom. The number of rotatable bonds is 7. The van der Waals surface area contributed by atoms with E-state index in [9.17, 15) is 19.7 Å². The third-order valence-corrected chi connectivity index (χ3v) is 2.77. The number of non-ortho nitro benzene ring substituents is 1. The van der Waals surface area contributed by atoms with Gasteiger partial charge in [0.1, 0.15) is 6.04 Å². The van der Waals surface area contributed by atoms with E-state index in [1.807, 2.05) is 6.92 Å². The van der Waals surface area contributed by atoms with E-state index in [0.717, 1.165) is 12.5 Å². The number of benzene rings is 1. The van der Waals surface area contributed by atoms with E-state index in [1.54, 1.807) is 0 Å². The van der Waals surface area contributed by atoms with Gasteiger partial charge in [0.15, 0.2) is 0 Å².